The second-order valence-corrected chi connectivity index (χ2v) is 7.29. The third-order valence-corrected chi connectivity index (χ3v) is 5.77. The van der Waals surface area contributed by atoms with Gasteiger partial charge in [0.25, 0.3) is 5.91 Å². The number of hydrogen-bond acceptors (Lipinski definition) is 1. The van der Waals surface area contributed by atoms with Crippen LogP contribution in [0.2, 0.25) is 0 Å². The van der Waals surface area contributed by atoms with E-state index < -0.39 is 0 Å². The number of hydrogen-bond donors (Lipinski definition) is 0. The highest BCUT2D eigenvalue weighted by Gasteiger charge is 2.41. The summed E-state index contributed by atoms with van der Waals surface area (Å²) < 4.78 is 0. The first-order valence-corrected chi connectivity index (χ1v) is 9.56. The molecule has 2 aliphatic rings. The Hall–Kier alpha value is -3.13. The maximum atomic E-state index is 13.7. The first kappa shape index (κ1) is 16.1. The van der Waals surface area contributed by atoms with Crippen LogP contribution in [0.5, 0.6) is 0 Å². The zero-order valence-corrected chi connectivity index (χ0v) is 15.1. The Labute approximate surface area is 159 Å². The van der Waals surface area contributed by atoms with Crippen molar-refractivity contribution in [2.75, 3.05) is 0 Å². The lowest BCUT2D eigenvalue weighted by Gasteiger charge is -2.31. The molecule has 2 heteroatoms. The molecular weight excluding hydrogens is 330 g/mol. The molecular formula is C25H21NO. The molecule has 2 nitrogen and oxygen atoms in total. The first-order chi connectivity index (χ1) is 13.3. The zero-order valence-electron chi connectivity index (χ0n) is 15.1. The van der Waals surface area contributed by atoms with Gasteiger partial charge in [-0.1, -0.05) is 84.9 Å². The Balaban J connectivity index is 1.68. The van der Waals surface area contributed by atoms with Crippen molar-refractivity contribution < 1.29 is 4.79 Å². The monoisotopic (exact) mass is 351 g/mol. The Morgan fingerprint density at radius 3 is 2.11 bits per heavy atom. The molecule has 0 spiro atoms. The Bertz CT molecular complexity index is 1010. The van der Waals surface area contributed by atoms with Crippen LogP contribution in [0.4, 0.5) is 0 Å². The summed E-state index contributed by atoms with van der Waals surface area (Å²) >= 11 is 0. The van der Waals surface area contributed by atoms with Gasteiger partial charge in [0.2, 0.25) is 0 Å². The van der Waals surface area contributed by atoms with E-state index in [1.165, 1.54) is 11.1 Å². The van der Waals surface area contributed by atoms with Gasteiger partial charge in [-0.25, -0.2) is 0 Å². The molecule has 2 heterocycles. The summed E-state index contributed by atoms with van der Waals surface area (Å²) in [5.41, 5.74) is 5.41. The molecule has 3 aromatic rings. The molecule has 0 aliphatic carbocycles. The van der Waals surface area contributed by atoms with Crippen molar-refractivity contribution in [3.05, 3.63) is 107 Å². The topological polar surface area (TPSA) is 20.3 Å². The molecule has 2 aliphatic heterocycles. The second kappa shape index (κ2) is 6.55. The number of benzene rings is 3. The van der Waals surface area contributed by atoms with Crippen LogP contribution in [0.15, 0.2) is 84.9 Å². The van der Waals surface area contributed by atoms with Crippen LogP contribution < -0.4 is 0 Å². The molecule has 0 radical (unpaired) electrons. The number of carbonyl (C=O) groups is 1. The molecule has 0 N–H and O–H groups in total. The van der Waals surface area contributed by atoms with E-state index in [2.05, 4.69) is 59.5 Å². The Morgan fingerprint density at radius 1 is 0.704 bits per heavy atom. The lowest BCUT2D eigenvalue weighted by atomic mass is 9.97. The van der Waals surface area contributed by atoms with Gasteiger partial charge in [0.05, 0.1) is 12.1 Å². The molecule has 1 saturated heterocycles. The van der Waals surface area contributed by atoms with E-state index in [9.17, 15) is 4.79 Å². The average molecular weight is 351 g/mol. The molecule has 5 rings (SSSR count). The normalized spacial score (nSPS) is 21.3. The number of rotatable bonds is 2. The third kappa shape index (κ3) is 2.69. The Kier molecular flexibility index (Phi) is 3.90. The summed E-state index contributed by atoms with van der Waals surface area (Å²) in [6.45, 7) is 0. The quantitative estimate of drug-likeness (QED) is 0.584. The molecule has 1 fully saturated rings. The fourth-order valence-corrected chi connectivity index (χ4v) is 4.53. The van der Waals surface area contributed by atoms with Gasteiger partial charge in [0.15, 0.2) is 0 Å². The van der Waals surface area contributed by atoms with Crippen molar-refractivity contribution >= 4 is 17.6 Å². The van der Waals surface area contributed by atoms with Gasteiger partial charge < -0.3 is 4.90 Å². The fraction of sp³-hybridized carbons (Fsp3) is 0.160. The largest absolute Gasteiger partial charge is 0.325 e. The Morgan fingerprint density at radius 2 is 1.33 bits per heavy atom. The lowest BCUT2D eigenvalue weighted by molar-refractivity contribution is -0.128. The van der Waals surface area contributed by atoms with Gasteiger partial charge >= 0.3 is 0 Å². The van der Waals surface area contributed by atoms with Gasteiger partial charge in [-0.2, -0.15) is 0 Å². The maximum absolute atomic E-state index is 13.7. The van der Waals surface area contributed by atoms with Crippen LogP contribution in [-0.4, -0.2) is 10.8 Å². The van der Waals surface area contributed by atoms with Crippen molar-refractivity contribution in [1.29, 1.82) is 0 Å². The highest BCUT2D eigenvalue weighted by Crippen LogP contribution is 2.48. The van der Waals surface area contributed by atoms with Gasteiger partial charge in [0, 0.05) is 5.57 Å². The number of nitrogens with zero attached hydrogens (tertiary/aromatic N) is 1. The van der Waals surface area contributed by atoms with E-state index >= 15 is 0 Å². The standard InChI is InChI=1S/C25H21NO/c27-25-22(18-9-3-1-4-10-18)17-20-13-7-8-14-21(20)24-16-15-23(26(24)25)19-11-5-2-6-12-19/h1-14,17,23-24H,15-16H2/t23-,24+/m0/s1. The van der Waals surface area contributed by atoms with Crippen LogP contribution in [-0.2, 0) is 4.79 Å². The molecule has 132 valence electrons. The molecule has 0 saturated carbocycles. The van der Waals surface area contributed by atoms with Crippen molar-refractivity contribution in [3.63, 3.8) is 0 Å². The molecule has 0 aromatic heterocycles. The third-order valence-electron chi connectivity index (χ3n) is 5.77. The molecule has 0 bridgehead atoms. The summed E-state index contributed by atoms with van der Waals surface area (Å²) in [4.78, 5) is 15.9. The van der Waals surface area contributed by atoms with E-state index in [0.717, 1.165) is 29.5 Å². The number of carbonyl (C=O) groups excluding carboxylic acids is 1. The minimum Gasteiger partial charge on any atom is -0.325 e. The van der Waals surface area contributed by atoms with Crippen LogP contribution in [0.25, 0.3) is 11.6 Å². The smallest absolute Gasteiger partial charge is 0.255 e. The van der Waals surface area contributed by atoms with Gasteiger partial charge in [-0.15, -0.1) is 0 Å². The van der Waals surface area contributed by atoms with Gasteiger partial charge in [0.1, 0.15) is 0 Å². The molecule has 2 atom stereocenters. The predicted octanol–water partition coefficient (Wildman–Crippen LogP) is 5.65. The number of amides is 1. The fourth-order valence-electron chi connectivity index (χ4n) is 4.53. The average Bonchev–Trinajstić information content (AvgIpc) is 3.13. The van der Waals surface area contributed by atoms with Crippen LogP contribution in [0.1, 0.15) is 47.2 Å². The highest BCUT2D eigenvalue weighted by atomic mass is 16.2. The predicted molar refractivity (Wildman–Crippen MR) is 109 cm³/mol. The second-order valence-electron chi connectivity index (χ2n) is 7.29. The first-order valence-electron chi connectivity index (χ1n) is 9.56. The highest BCUT2D eigenvalue weighted by molar-refractivity contribution is 6.25. The van der Waals surface area contributed by atoms with E-state index in [1.807, 2.05) is 36.4 Å². The molecule has 3 aromatic carbocycles. The summed E-state index contributed by atoms with van der Waals surface area (Å²) in [6.07, 6.45) is 4.07. The summed E-state index contributed by atoms with van der Waals surface area (Å²) in [7, 11) is 0. The van der Waals surface area contributed by atoms with E-state index in [-0.39, 0.29) is 18.0 Å². The van der Waals surface area contributed by atoms with E-state index in [0.29, 0.717) is 0 Å². The molecule has 1 amide bonds. The SMILES string of the molecule is O=C1C(c2ccccc2)=Cc2ccccc2[C@H]2CC[C@@H](c3ccccc3)N12. The molecule has 0 unspecified atom stereocenters. The van der Waals surface area contributed by atoms with Crippen molar-refractivity contribution in [1.82, 2.24) is 4.90 Å². The van der Waals surface area contributed by atoms with Crippen LogP contribution in [0.3, 0.4) is 0 Å². The summed E-state index contributed by atoms with van der Waals surface area (Å²) in [5, 5.41) is 0. The van der Waals surface area contributed by atoms with Gasteiger partial charge in [-0.3, -0.25) is 4.79 Å². The van der Waals surface area contributed by atoms with E-state index in [4.69, 9.17) is 0 Å². The van der Waals surface area contributed by atoms with Crippen molar-refractivity contribution in [3.8, 4) is 0 Å². The molecule has 27 heavy (non-hydrogen) atoms. The maximum Gasteiger partial charge on any atom is 0.255 e. The lowest BCUT2D eigenvalue weighted by Crippen LogP contribution is -2.32. The van der Waals surface area contributed by atoms with Gasteiger partial charge in [-0.05, 0) is 41.2 Å². The minimum atomic E-state index is 0.127. The van der Waals surface area contributed by atoms with Crippen LogP contribution >= 0.6 is 0 Å². The van der Waals surface area contributed by atoms with Crippen LogP contribution in [0, 0.1) is 0 Å². The summed E-state index contributed by atoms with van der Waals surface area (Å²) in [6, 6.07) is 29.2. The zero-order chi connectivity index (χ0) is 18.2. The minimum absolute atomic E-state index is 0.127. The van der Waals surface area contributed by atoms with Crippen molar-refractivity contribution in [2.24, 2.45) is 0 Å². The number of fused-ring (bicyclic) bond motifs is 3. The summed E-state index contributed by atoms with van der Waals surface area (Å²) in [5.74, 6) is 0.133. The van der Waals surface area contributed by atoms with Crippen molar-refractivity contribution in [2.45, 2.75) is 24.9 Å². The van der Waals surface area contributed by atoms with E-state index in [1.54, 1.807) is 0 Å².